The number of aliphatic hydroxyl groups is 2. The van der Waals surface area contributed by atoms with Crippen molar-refractivity contribution in [2.45, 2.75) is 12.0 Å². The summed E-state index contributed by atoms with van der Waals surface area (Å²) in [5, 5.41) is 40.1. The Hall–Kier alpha value is -3.41. The third-order valence-corrected chi connectivity index (χ3v) is 3.87. The predicted octanol–water partition coefficient (Wildman–Crippen LogP) is 1.56. The molecule has 2 atom stereocenters. The smallest absolute Gasteiger partial charge is 0.321 e. The van der Waals surface area contributed by atoms with Crippen LogP contribution in [0.2, 0.25) is 0 Å². The van der Waals surface area contributed by atoms with Crippen LogP contribution >= 0.6 is 0 Å². The minimum atomic E-state index is -1.15. The number of esters is 1. The number of carbonyl (C=O) groups is 1. The van der Waals surface area contributed by atoms with E-state index in [1.165, 1.54) is 48.5 Å². The number of hydrogen-bond donors (Lipinski definition) is 2. The highest BCUT2D eigenvalue weighted by molar-refractivity contribution is 5.81. The monoisotopic (exact) mass is 406 g/mol. The Morgan fingerprint density at radius 3 is 2.24 bits per heavy atom. The number of ether oxygens (including phenoxy) is 2. The summed E-state index contributed by atoms with van der Waals surface area (Å²) in [4.78, 5) is 33.3. The highest BCUT2D eigenvalue weighted by atomic mass is 16.6. The minimum absolute atomic E-state index is 0.184. The second-order valence-electron chi connectivity index (χ2n) is 5.92. The summed E-state index contributed by atoms with van der Waals surface area (Å²) < 4.78 is 10.4. The zero-order chi connectivity index (χ0) is 21.4. The van der Waals surface area contributed by atoms with Crippen molar-refractivity contribution < 1.29 is 34.3 Å². The number of aliphatic hydroxyl groups excluding tert-OH is 2. The summed E-state index contributed by atoms with van der Waals surface area (Å²) in [5.74, 6) is -2.22. The van der Waals surface area contributed by atoms with E-state index < -0.39 is 40.1 Å². The van der Waals surface area contributed by atoms with Gasteiger partial charge in [0.15, 0.2) is 0 Å². The number of para-hydroxylation sites is 2. The van der Waals surface area contributed by atoms with E-state index in [-0.39, 0.29) is 24.7 Å². The third kappa shape index (κ3) is 6.04. The molecule has 0 aliphatic rings. The highest BCUT2D eigenvalue weighted by Crippen LogP contribution is 2.29. The van der Waals surface area contributed by atoms with Gasteiger partial charge in [0, 0.05) is 18.2 Å². The van der Waals surface area contributed by atoms with Crippen LogP contribution in [0.5, 0.6) is 5.75 Å². The maximum Gasteiger partial charge on any atom is 0.321 e. The topological polar surface area (TPSA) is 162 Å². The molecule has 0 radical (unpaired) electrons. The van der Waals surface area contributed by atoms with Crippen molar-refractivity contribution in [2.24, 2.45) is 0 Å². The predicted molar refractivity (Wildman–Crippen MR) is 98.5 cm³/mol. The van der Waals surface area contributed by atoms with Gasteiger partial charge in [0.25, 0.3) is 5.69 Å². The first kappa shape index (κ1) is 21.9. The van der Waals surface area contributed by atoms with E-state index in [2.05, 4.69) is 0 Å². The third-order valence-electron chi connectivity index (χ3n) is 3.87. The van der Waals surface area contributed by atoms with Gasteiger partial charge in [-0.05, 0) is 11.6 Å². The molecule has 0 spiro atoms. The molecule has 0 bridgehead atoms. The molecule has 0 saturated heterocycles. The van der Waals surface area contributed by atoms with E-state index in [0.29, 0.717) is 5.56 Å². The molecule has 2 rings (SSSR count). The Morgan fingerprint density at radius 2 is 1.66 bits per heavy atom. The zero-order valence-electron chi connectivity index (χ0n) is 15.0. The van der Waals surface area contributed by atoms with Crippen LogP contribution in [-0.2, 0) is 9.53 Å². The van der Waals surface area contributed by atoms with Crippen molar-refractivity contribution in [2.75, 3.05) is 19.8 Å². The molecule has 0 aliphatic heterocycles. The lowest BCUT2D eigenvalue weighted by molar-refractivity contribution is -0.385. The number of rotatable bonds is 10. The van der Waals surface area contributed by atoms with Gasteiger partial charge in [0.2, 0.25) is 5.75 Å². The van der Waals surface area contributed by atoms with Gasteiger partial charge in [-0.25, -0.2) is 0 Å². The first-order chi connectivity index (χ1) is 13.8. The molecule has 29 heavy (non-hydrogen) atoms. The summed E-state index contributed by atoms with van der Waals surface area (Å²) in [6, 6.07) is 10.4. The molecule has 2 unspecified atom stereocenters. The molecule has 11 nitrogen and oxygen atoms in total. The summed E-state index contributed by atoms with van der Waals surface area (Å²) >= 11 is 0. The highest BCUT2D eigenvalue weighted by Gasteiger charge is 2.27. The molecule has 0 amide bonds. The van der Waals surface area contributed by atoms with Gasteiger partial charge in [-0.2, -0.15) is 0 Å². The molecule has 11 heteroatoms. The van der Waals surface area contributed by atoms with Gasteiger partial charge in [-0.15, -0.1) is 0 Å². The van der Waals surface area contributed by atoms with Gasteiger partial charge >= 0.3 is 11.7 Å². The van der Waals surface area contributed by atoms with Crippen molar-refractivity contribution in [3.8, 4) is 5.75 Å². The molecule has 0 heterocycles. The normalized spacial score (nSPS) is 12.8. The zero-order valence-corrected chi connectivity index (χ0v) is 15.0. The van der Waals surface area contributed by atoms with Crippen molar-refractivity contribution in [3.63, 3.8) is 0 Å². The van der Waals surface area contributed by atoms with E-state index in [1.54, 1.807) is 0 Å². The average Bonchev–Trinajstić information content (AvgIpc) is 2.71. The standard InChI is InChI=1S/C18H18N2O9/c21-9-14(22)10-28-11-15(12-5-7-13(8-6-12)19(24)25)18(23)29-17-4-2-1-3-16(17)20(26)27/h1-8,14-15,21-22H,9-11H2. The first-order valence-electron chi connectivity index (χ1n) is 8.39. The van der Waals surface area contributed by atoms with Crippen LogP contribution < -0.4 is 4.74 Å². The van der Waals surface area contributed by atoms with Gasteiger partial charge in [0.05, 0.1) is 29.7 Å². The second kappa shape index (κ2) is 10.2. The molecule has 0 aliphatic carbocycles. The Labute approximate surface area is 164 Å². The lowest BCUT2D eigenvalue weighted by atomic mass is 10.00. The molecule has 0 saturated carbocycles. The fraction of sp³-hybridized carbons (Fsp3) is 0.278. The number of nitrogens with zero attached hydrogens (tertiary/aromatic N) is 2. The Morgan fingerprint density at radius 1 is 1.00 bits per heavy atom. The van der Waals surface area contributed by atoms with E-state index in [1.807, 2.05) is 0 Å². The van der Waals surface area contributed by atoms with Crippen molar-refractivity contribution >= 4 is 17.3 Å². The van der Waals surface area contributed by atoms with E-state index in [4.69, 9.17) is 14.6 Å². The summed E-state index contributed by atoms with van der Waals surface area (Å²) in [6.45, 7) is -1.09. The van der Waals surface area contributed by atoms with Crippen molar-refractivity contribution in [1.82, 2.24) is 0 Å². The molecular formula is C18H18N2O9. The van der Waals surface area contributed by atoms with Gasteiger partial charge in [-0.1, -0.05) is 24.3 Å². The summed E-state index contributed by atoms with van der Waals surface area (Å²) in [5.41, 5.74) is -0.270. The fourth-order valence-corrected chi connectivity index (χ4v) is 2.38. The molecule has 0 aromatic heterocycles. The number of non-ortho nitro benzene ring substituents is 1. The largest absolute Gasteiger partial charge is 0.419 e. The SMILES string of the molecule is O=C(Oc1ccccc1[N+](=O)[O-])C(COCC(O)CO)c1ccc([N+](=O)[O-])cc1. The summed E-state index contributed by atoms with van der Waals surface area (Å²) in [7, 11) is 0. The van der Waals surface area contributed by atoms with Crippen LogP contribution in [0.25, 0.3) is 0 Å². The molecule has 2 aromatic rings. The van der Waals surface area contributed by atoms with Crippen molar-refractivity contribution in [3.05, 3.63) is 74.3 Å². The maximum atomic E-state index is 12.7. The average molecular weight is 406 g/mol. The van der Waals surface area contributed by atoms with Gasteiger partial charge < -0.3 is 19.7 Å². The van der Waals surface area contributed by atoms with Crippen LogP contribution in [0, 0.1) is 20.2 Å². The lowest BCUT2D eigenvalue weighted by Gasteiger charge is -2.17. The Balaban J connectivity index is 2.24. The van der Waals surface area contributed by atoms with Crippen LogP contribution in [-0.4, -0.2) is 52.0 Å². The van der Waals surface area contributed by atoms with E-state index in [0.717, 1.165) is 0 Å². The summed E-state index contributed by atoms with van der Waals surface area (Å²) in [6.07, 6.45) is -1.15. The lowest BCUT2D eigenvalue weighted by Crippen LogP contribution is -2.26. The van der Waals surface area contributed by atoms with Crippen molar-refractivity contribution in [1.29, 1.82) is 0 Å². The Kier molecular flexibility index (Phi) is 7.71. The molecule has 154 valence electrons. The molecular weight excluding hydrogens is 388 g/mol. The molecule has 2 aromatic carbocycles. The maximum absolute atomic E-state index is 12.7. The van der Waals surface area contributed by atoms with E-state index >= 15 is 0 Å². The molecule has 2 N–H and O–H groups in total. The van der Waals surface area contributed by atoms with Crippen LogP contribution in [0.15, 0.2) is 48.5 Å². The molecule has 0 fully saturated rings. The van der Waals surface area contributed by atoms with Crippen LogP contribution in [0.4, 0.5) is 11.4 Å². The first-order valence-corrected chi connectivity index (χ1v) is 8.39. The van der Waals surface area contributed by atoms with E-state index in [9.17, 15) is 30.1 Å². The van der Waals surface area contributed by atoms with Crippen LogP contribution in [0.1, 0.15) is 11.5 Å². The number of benzene rings is 2. The quantitative estimate of drug-likeness (QED) is 0.258. The number of hydrogen-bond acceptors (Lipinski definition) is 9. The second-order valence-corrected chi connectivity index (χ2v) is 5.92. The fourth-order valence-electron chi connectivity index (χ4n) is 2.38. The minimum Gasteiger partial charge on any atom is -0.419 e. The number of carbonyl (C=O) groups excluding carboxylic acids is 1. The van der Waals surface area contributed by atoms with Crippen LogP contribution in [0.3, 0.4) is 0 Å². The number of nitro benzene ring substituents is 2. The Bertz CT molecular complexity index is 870. The number of nitro groups is 2. The van der Waals surface area contributed by atoms with Gasteiger partial charge in [-0.3, -0.25) is 25.0 Å². The van der Waals surface area contributed by atoms with Gasteiger partial charge in [0.1, 0.15) is 12.0 Å².